The number of halogens is 1. The first-order valence-electron chi connectivity index (χ1n) is 6.21. The predicted octanol–water partition coefficient (Wildman–Crippen LogP) is 1.66. The summed E-state index contributed by atoms with van der Waals surface area (Å²) in [6, 6.07) is 0.498. The Morgan fingerprint density at radius 1 is 1.38 bits per heavy atom. The minimum absolute atomic E-state index is 0. The lowest BCUT2D eigenvalue weighted by Gasteiger charge is -2.29. The highest BCUT2D eigenvalue weighted by atomic mass is 35.5. The second-order valence-electron chi connectivity index (χ2n) is 5.17. The number of carbonyl (C=O) groups is 1. The van der Waals surface area contributed by atoms with Gasteiger partial charge in [-0.2, -0.15) is 0 Å². The molecule has 16 heavy (non-hydrogen) atoms. The van der Waals surface area contributed by atoms with Crippen LogP contribution in [0.1, 0.15) is 33.1 Å². The monoisotopic (exact) mass is 246 g/mol. The summed E-state index contributed by atoms with van der Waals surface area (Å²) in [7, 11) is 0. The minimum Gasteiger partial charge on any atom is -0.339 e. The SMILES string of the molecule is CC(C)C1CCCN1C(=O)[C@@H]1CCNC1.Cl. The van der Waals surface area contributed by atoms with Crippen molar-refractivity contribution in [2.45, 2.75) is 39.2 Å². The third kappa shape index (κ3) is 2.69. The summed E-state index contributed by atoms with van der Waals surface area (Å²) >= 11 is 0. The molecule has 1 amide bonds. The number of amides is 1. The largest absolute Gasteiger partial charge is 0.339 e. The molecule has 0 aromatic rings. The molecule has 2 aliphatic heterocycles. The first kappa shape index (κ1) is 13.8. The van der Waals surface area contributed by atoms with E-state index in [2.05, 4.69) is 24.1 Å². The first-order chi connectivity index (χ1) is 7.20. The lowest BCUT2D eigenvalue weighted by atomic mass is 10.00. The van der Waals surface area contributed by atoms with Gasteiger partial charge in [-0.25, -0.2) is 0 Å². The summed E-state index contributed by atoms with van der Waals surface area (Å²) in [5, 5.41) is 3.27. The molecule has 1 N–H and O–H groups in total. The molecule has 3 nitrogen and oxygen atoms in total. The van der Waals surface area contributed by atoms with Crippen LogP contribution in [0.15, 0.2) is 0 Å². The van der Waals surface area contributed by atoms with Crippen LogP contribution in [0.4, 0.5) is 0 Å². The molecule has 2 rings (SSSR count). The molecule has 94 valence electrons. The second kappa shape index (κ2) is 5.87. The highest BCUT2D eigenvalue weighted by Crippen LogP contribution is 2.26. The van der Waals surface area contributed by atoms with E-state index in [9.17, 15) is 4.79 Å². The van der Waals surface area contributed by atoms with Crippen molar-refractivity contribution in [2.75, 3.05) is 19.6 Å². The summed E-state index contributed by atoms with van der Waals surface area (Å²) in [5.41, 5.74) is 0. The molecule has 2 heterocycles. The second-order valence-corrected chi connectivity index (χ2v) is 5.17. The van der Waals surface area contributed by atoms with Crippen LogP contribution < -0.4 is 5.32 Å². The number of nitrogens with one attached hydrogen (secondary N) is 1. The number of rotatable bonds is 2. The van der Waals surface area contributed by atoms with Crippen molar-refractivity contribution < 1.29 is 4.79 Å². The van der Waals surface area contributed by atoms with Gasteiger partial charge in [0.15, 0.2) is 0 Å². The maximum atomic E-state index is 12.2. The molecule has 1 unspecified atom stereocenters. The van der Waals surface area contributed by atoms with Crippen molar-refractivity contribution in [1.29, 1.82) is 0 Å². The molecule has 0 bridgehead atoms. The van der Waals surface area contributed by atoms with Gasteiger partial charge in [-0.3, -0.25) is 4.79 Å². The van der Waals surface area contributed by atoms with Gasteiger partial charge >= 0.3 is 0 Å². The van der Waals surface area contributed by atoms with Crippen LogP contribution in [0.25, 0.3) is 0 Å². The van der Waals surface area contributed by atoms with Crippen molar-refractivity contribution in [3.63, 3.8) is 0 Å². The average Bonchev–Trinajstić information content (AvgIpc) is 2.88. The van der Waals surface area contributed by atoms with E-state index in [1.54, 1.807) is 0 Å². The van der Waals surface area contributed by atoms with Crippen LogP contribution in [-0.2, 0) is 4.79 Å². The Bertz CT molecular complexity index is 239. The fraction of sp³-hybridized carbons (Fsp3) is 0.917. The van der Waals surface area contributed by atoms with Gasteiger partial charge in [0.1, 0.15) is 0 Å². The summed E-state index contributed by atoms with van der Waals surface area (Å²) in [5.74, 6) is 1.26. The third-order valence-corrected chi connectivity index (χ3v) is 3.76. The lowest BCUT2D eigenvalue weighted by molar-refractivity contribution is -0.136. The van der Waals surface area contributed by atoms with E-state index in [4.69, 9.17) is 0 Å². The van der Waals surface area contributed by atoms with Gasteiger partial charge in [0, 0.05) is 19.1 Å². The van der Waals surface area contributed by atoms with E-state index in [0.29, 0.717) is 17.9 Å². The van der Waals surface area contributed by atoms with Gasteiger partial charge < -0.3 is 10.2 Å². The Hall–Kier alpha value is -0.280. The summed E-state index contributed by atoms with van der Waals surface area (Å²) in [6.45, 7) is 7.33. The molecule has 0 radical (unpaired) electrons. The van der Waals surface area contributed by atoms with Crippen molar-refractivity contribution in [3.8, 4) is 0 Å². The van der Waals surface area contributed by atoms with E-state index < -0.39 is 0 Å². The van der Waals surface area contributed by atoms with Gasteiger partial charge in [0.05, 0.1) is 5.92 Å². The number of hydrogen-bond donors (Lipinski definition) is 1. The Balaban J connectivity index is 0.00000128. The average molecular weight is 247 g/mol. The quantitative estimate of drug-likeness (QED) is 0.804. The van der Waals surface area contributed by atoms with Crippen LogP contribution >= 0.6 is 12.4 Å². The summed E-state index contributed by atoms with van der Waals surface area (Å²) in [4.78, 5) is 14.4. The maximum Gasteiger partial charge on any atom is 0.227 e. The van der Waals surface area contributed by atoms with Gasteiger partial charge in [0.25, 0.3) is 0 Å². The fourth-order valence-corrected chi connectivity index (χ4v) is 2.86. The predicted molar refractivity (Wildman–Crippen MR) is 67.8 cm³/mol. The number of carbonyl (C=O) groups excluding carboxylic acids is 1. The molecule has 0 spiro atoms. The zero-order valence-corrected chi connectivity index (χ0v) is 11.1. The molecular formula is C12H23ClN2O. The van der Waals surface area contributed by atoms with E-state index in [1.807, 2.05) is 0 Å². The van der Waals surface area contributed by atoms with Crippen LogP contribution in [0, 0.1) is 11.8 Å². The van der Waals surface area contributed by atoms with Gasteiger partial charge in [-0.05, 0) is 31.7 Å². The lowest BCUT2D eigenvalue weighted by Crippen LogP contribution is -2.42. The Morgan fingerprint density at radius 2 is 2.12 bits per heavy atom. The van der Waals surface area contributed by atoms with Crippen molar-refractivity contribution in [2.24, 2.45) is 11.8 Å². The normalized spacial score (nSPS) is 29.6. The van der Waals surface area contributed by atoms with Crippen molar-refractivity contribution >= 4 is 18.3 Å². The minimum atomic E-state index is 0. The van der Waals surface area contributed by atoms with Crippen LogP contribution in [0.3, 0.4) is 0 Å². The van der Waals surface area contributed by atoms with Gasteiger partial charge in [-0.15, -0.1) is 12.4 Å². The zero-order chi connectivity index (χ0) is 10.8. The standard InChI is InChI=1S/C12H22N2O.ClH/c1-9(2)11-4-3-7-14(11)12(15)10-5-6-13-8-10;/h9-11,13H,3-8H2,1-2H3;1H/t10-,11?;/m1./s1. The molecule has 4 heteroatoms. The van der Waals surface area contributed by atoms with Crippen molar-refractivity contribution in [3.05, 3.63) is 0 Å². The Labute approximate surface area is 104 Å². The van der Waals surface area contributed by atoms with E-state index in [0.717, 1.165) is 26.1 Å². The van der Waals surface area contributed by atoms with Crippen LogP contribution in [-0.4, -0.2) is 36.5 Å². The molecule has 2 aliphatic rings. The molecule has 0 aromatic carbocycles. The molecule has 0 aromatic heterocycles. The van der Waals surface area contributed by atoms with E-state index >= 15 is 0 Å². The van der Waals surface area contributed by atoms with Gasteiger partial charge in [-0.1, -0.05) is 13.8 Å². The molecule has 2 atom stereocenters. The molecule has 2 fully saturated rings. The van der Waals surface area contributed by atoms with E-state index in [1.165, 1.54) is 12.8 Å². The zero-order valence-electron chi connectivity index (χ0n) is 10.2. The third-order valence-electron chi connectivity index (χ3n) is 3.76. The van der Waals surface area contributed by atoms with E-state index in [-0.39, 0.29) is 18.3 Å². The number of hydrogen-bond acceptors (Lipinski definition) is 2. The Morgan fingerprint density at radius 3 is 2.69 bits per heavy atom. The maximum absolute atomic E-state index is 12.2. The van der Waals surface area contributed by atoms with Gasteiger partial charge in [0.2, 0.25) is 5.91 Å². The highest BCUT2D eigenvalue weighted by molar-refractivity contribution is 5.85. The highest BCUT2D eigenvalue weighted by Gasteiger charge is 2.35. The first-order valence-corrected chi connectivity index (χ1v) is 6.21. The smallest absolute Gasteiger partial charge is 0.227 e. The summed E-state index contributed by atoms with van der Waals surface area (Å²) < 4.78 is 0. The Kier molecular flexibility index (Phi) is 5.06. The molecule has 0 aliphatic carbocycles. The number of likely N-dealkylation sites (tertiary alicyclic amines) is 1. The van der Waals surface area contributed by atoms with Crippen LogP contribution in [0.5, 0.6) is 0 Å². The fourth-order valence-electron chi connectivity index (χ4n) is 2.86. The molecular weight excluding hydrogens is 224 g/mol. The topological polar surface area (TPSA) is 32.3 Å². The van der Waals surface area contributed by atoms with Crippen LogP contribution in [0.2, 0.25) is 0 Å². The number of nitrogens with zero attached hydrogens (tertiary/aromatic N) is 1. The summed E-state index contributed by atoms with van der Waals surface area (Å²) in [6.07, 6.45) is 3.42. The molecule has 0 saturated carbocycles. The van der Waals surface area contributed by atoms with Crippen molar-refractivity contribution in [1.82, 2.24) is 10.2 Å². The molecule has 2 saturated heterocycles.